The highest BCUT2D eigenvalue weighted by Gasteiger charge is 2.29. The summed E-state index contributed by atoms with van der Waals surface area (Å²) >= 11 is 0. The van der Waals surface area contributed by atoms with Crippen molar-refractivity contribution in [2.75, 3.05) is 7.05 Å². The average molecular weight is 203 g/mol. The lowest BCUT2D eigenvalue weighted by molar-refractivity contribution is -0.120. The van der Waals surface area contributed by atoms with E-state index >= 15 is 0 Å². The van der Waals surface area contributed by atoms with E-state index < -0.39 is 0 Å². The highest BCUT2D eigenvalue weighted by molar-refractivity contribution is 6.06. The topological polar surface area (TPSA) is 53.5 Å². The third-order valence-electron chi connectivity index (χ3n) is 2.51. The van der Waals surface area contributed by atoms with Crippen molar-refractivity contribution in [3.63, 3.8) is 0 Å². The number of carbonyl (C=O) groups is 1. The molecule has 4 heteroatoms. The number of amides is 1. The van der Waals surface area contributed by atoms with Gasteiger partial charge < -0.3 is 5.32 Å². The van der Waals surface area contributed by atoms with Gasteiger partial charge in [-0.05, 0) is 18.1 Å². The number of carbonyl (C=O) groups excluding carboxylic acids is 1. The molecule has 0 radical (unpaired) electrons. The Hall–Kier alpha value is -1.84. The molecule has 1 fully saturated rings. The summed E-state index contributed by atoms with van der Waals surface area (Å²) in [5.74, 6) is 0.484. The Balaban J connectivity index is 2.33. The Labute approximate surface area is 88.4 Å². The Morgan fingerprint density at radius 3 is 2.67 bits per heavy atom. The van der Waals surface area contributed by atoms with Crippen LogP contribution in [0, 0.1) is 6.92 Å². The zero-order chi connectivity index (χ0) is 10.8. The van der Waals surface area contributed by atoms with Crippen LogP contribution in [-0.4, -0.2) is 18.9 Å². The second kappa shape index (κ2) is 3.73. The maximum absolute atomic E-state index is 11.6. The van der Waals surface area contributed by atoms with Crippen LogP contribution in [-0.2, 0) is 4.79 Å². The molecule has 2 rings (SSSR count). The van der Waals surface area contributed by atoms with Crippen molar-refractivity contribution in [1.29, 1.82) is 0 Å². The molecule has 1 aromatic carbocycles. The highest BCUT2D eigenvalue weighted by Crippen LogP contribution is 2.19. The summed E-state index contributed by atoms with van der Waals surface area (Å²) in [5, 5.41) is 5.72. The minimum absolute atomic E-state index is 0.0510. The van der Waals surface area contributed by atoms with Gasteiger partial charge in [0.2, 0.25) is 0 Å². The van der Waals surface area contributed by atoms with E-state index in [1.807, 2.05) is 31.2 Å². The first-order valence-electron chi connectivity index (χ1n) is 4.82. The average Bonchev–Trinajstić information content (AvgIpc) is 2.60. The first kappa shape index (κ1) is 9.71. The van der Waals surface area contributed by atoms with Crippen LogP contribution in [0.2, 0.25) is 0 Å². The van der Waals surface area contributed by atoms with Crippen molar-refractivity contribution in [1.82, 2.24) is 10.6 Å². The fourth-order valence-electron chi connectivity index (χ4n) is 1.68. The number of aryl methyl sites for hydroxylation is 1. The van der Waals surface area contributed by atoms with Crippen LogP contribution < -0.4 is 10.6 Å². The van der Waals surface area contributed by atoms with Gasteiger partial charge in [-0.2, -0.15) is 0 Å². The second-order valence-electron chi connectivity index (χ2n) is 3.50. The van der Waals surface area contributed by atoms with Gasteiger partial charge in [0, 0.05) is 7.05 Å². The zero-order valence-corrected chi connectivity index (χ0v) is 8.74. The number of nitrogens with one attached hydrogen (secondary N) is 2. The van der Waals surface area contributed by atoms with Gasteiger partial charge in [-0.25, -0.2) is 0 Å². The Morgan fingerprint density at radius 2 is 2.07 bits per heavy atom. The molecule has 1 amide bonds. The van der Waals surface area contributed by atoms with Crippen LogP contribution in [0.3, 0.4) is 0 Å². The van der Waals surface area contributed by atoms with Gasteiger partial charge in [0.05, 0.1) is 0 Å². The van der Waals surface area contributed by atoms with E-state index in [0.29, 0.717) is 5.96 Å². The summed E-state index contributed by atoms with van der Waals surface area (Å²) < 4.78 is 0. The lowest BCUT2D eigenvalue weighted by Crippen LogP contribution is -2.24. The van der Waals surface area contributed by atoms with E-state index in [9.17, 15) is 4.79 Å². The number of benzene rings is 1. The van der Waals surface area contributed by atoms with Crippen molar-refractivity contribution in [2.24, 2.45) is 4.99 Å². The molecule has 0 aliphatic carbocycles. The molecule has 0 saturated carbocycles. The van der Waals surface area contributed by atoms with Crippen LogP contribution in [0.1, 0.15) is 17.2 Å². The first-order valence-corrected chi connectivity index (χ1v) is 4.82. The Morgan fingerprint density at radius 1 is 1.33 bits per heavy atom. The molecule has 1 aliphatic heterocycles. The molecule has 78 valence electrons. The van der Waals surface area contributed by atoms with Crippen LogP contribution in [0.25, 0.3) is 0 Å². The lowest BCUT2D eigenvalue weighted by atomic mass is 10.0. The third kappa shape index (κ3) is 1.70. The molecule has 1 aliphatic rings. The van der Waals surface area contributed by atoms with E-state index in [1.165, 1.54) is 0 Å². The van der Waals surface area contributed by atoms with Crippen molar-refractivity contribution < 1.29 is 4.79 Å². The maximum Gasteiger partial charge on any atom is 0.253 e. The number of aliphatic imine (C=N–C) groups is 1. The Bertz CT molecular complexity index is 426. The molecule has 4 nitrogen and oxygen atoms in total. The predicted octanol–water partition coefficient (Wildman–Crippen LogP) is 0.741. The summed E-state index contributed by atoms with van der Waals surface area (Å²) in [5.41, 5.74) is 2.09. The summed E-state index contributed by atoms with van der Waals surface area (Å²) in [7, 11) is 1.64. The molecule has 0 bridgehead atoms. The van der Waals surface area contributed by atoms with Gasteiger partial charge >= 0.3 is 0 Å². The minimum Gasteiger partial charge on any atom is -0.340 e. The van der Waals surface area contributed by atoms with Gasteiger partial charge in [0.25, 0.3) is 5.91 Å². The number of guanidine groups is 1. The van der Waals surface area contributed by atoms with Gasteiger partial charge in [-0.1, -0.05) is 24.3 Å². The standard InChI is InChI=1S/C11H13N3O/c1-7-5-3-4-6-8(7)9-10(15)14-11(12-2)13-9/h3-6,9H,1-2H3,(H2,12,13,14,15). The molecular formula is C11H13N3O. The molecule has 1 saturated heterocycles. The molecule has 1 heterocycles. The second-order valence-corrected chi connectivity index (χ2v) is 3.50. The van der Waals surface area contributed by atoms with Crippen LogP contribution in [0.15, 0.2) is 29.3 Å². The summed E-state index contributed by atoms with van der Waals surface area (Å²) in [6, 6.07) is 7.51. The highest BCUT2D eigenvalue weighted by atomic mass is 16.2. The van der Waals surface area contributed by atoms with Gasteiger partial charge in [0.15, 0.2) is 5.96 Å². The molecule has 2 N–H and O–H groups in total. The van der Waals surface area contributed by atoms with E-state index in [1.54, 1.807) is 7.05 Å². The smallest absolute Gasteiger partial charge is 0.253 e. The molecule has 0 spiro atoms. The Kier molecular flexibility index (Phi) is 2.41. The molecule has 1 aromatic rings. The van der Waals surface area contributed by atoms with Crippen molar-refractivity contribution in [3.8, 4) is 0 Å². The van der Waals surface area contributed by atoms with Crippen molar-refractivity contribution in [2.45, 2.75) is 13.0 Å². The lowest BCUT2D eigenvalue weighted by Gasteiger charge is -2.10. The summed E-state index contributed by atoms with van der Waals surface area (Å²) in [6.45, 7) is 1.99. The van der Waals surface area contributed by atoms with Crippen LogP contribution in [0.4, 0.5) is 0 Å². The van der Waals surface area contributed by atoms with Crippen LogP contribution in [0.5, 0.6) is 0 Å². The fourth-order valence-corrected chi connectivity index (χ4v) is 1.68. The van der Waals surface area contributed by atoms with E-state index in [4.69, 9.17) is 0 Å². The van der Waals surface area contributed by atoms with Crippen LogP contribution >= 0.6 is 0 Å². The molecule has 1 atom stereocenters. The normalized spacial score (nSPS) is 22.7. The fraction of sp³-hybridized carbons (Fsp3) is 0.273. The van der Waals surface area contributed by atoms with Gasteiger partial charge in [-0.15, -0.1) is 0 Å². The van der Waals surface area contributed by atoms with Crippen molar-refractivity contribution >= 4 is 11.9 Å². The molecule has 15 heavy (non-hydrogen) atoms. The van der Waals surface area contributed by atoms with E-state index in [-0.39, 0.29) is 11.9 Å². The molecule has 1 unspecified atom stereocenters. The first-order chi connectivity index (χ1) is 7.22. The number of nitrogens with zero attached hydrogens (tertiary/aromatic N) is 1. The molecule has 0 aromatic heterocycles. The predicted molar refractivity (Wildman–Crippen MR) is 58.6 cm³/mol. The number of hydrogen-bond acceptors (Lipinski definition) is 2. The SMILES string of the molecule is CN=C1NC(=O)C(c2ccccc2C)N1. The van der Waals surface area contributed by atoms with Gasteiger partial charge in [-0.3, -0.25) is 15.1 Å². The largest absolute Gasteiger partial charge is 0.340 e. The number of rotatable bonds is 1. The quantitative estimate of drug-likeness (QED) is 0.707. The van der Waals surface area contributed by atoms with Crippen molar-refractivity contribution in [3.05, 3.63) is 35.4 Å². The summed E-state index contributed by atoms with van der Waals surface area (Å²) in [6.07, 6.45) is 0. The monoisotopic (exact) mass is 203 g/mol. The number of hydrogen-bond donors (Lipinski definition) is 2. The third-order valence-corrected chi connectivity index (χ3v) is 2.51. The summed E-state index contributed by atoms with van der Waals surface area (Å²) in [4.78, 5) is 15.6. The van der Waals surface area contributed by atoms with E-state index in [2.05, 4.69) is 15.6 Å². The molecular weight excluding hydrogens is 190 g/mol. The minimum atomic E-state index is -0.315. The maximum atomic E-state index is 11.6. The van der Waals surface area contributed by atoms with E-state index in [0.717, 1.165) is 11.1 Å². The van der Waals surface area contributed by atoms with Gasteiger partial charge in [0.1, 0.15) is 6.04 Å². The zero-order valence-electron chi connectivity index (χ0n) is 8.74.